The van der Waals surface area contributed by atoms with Crippen molar-refractivity contribution >= 4 is 11.9 Å². The molecule has 2 aliphatic rings. The Bertz CT molecular complexity index is 637. The van der Waals surface area contributed by atoms with Gasteiger partial charge in [-0.15, -0.1) is 0 Å². The van der Waals surface area contributed by atoms with Gasteiger partial charge in [0.2, 0.25) is 5.91 Å². The maximum atomic E-state index is 12.1. The Morgan fingerprint density at radius 2 is 1.85 bits per heavy atom. The zero-order valence-electron chi connectivity index (χ0n) is 15.0. The fourth-order valence-corrected chi connectivity index (χ4v) is 3.03. The van der Waals surface area contributed by atoms with Crippen molar-refractivity contribution in [3.05, 3.63) is 29.8 Å². The van der Waals surface area contributed by atoms with Gasteiger partial charge in [0.15, 0.2) is 0 Å². The molecular formula is C18H23F3N2O4. The minimum Gasteiger partial charge on any atom is -0.497 e. The first-order chi connectivity index (χ1) is 12.7. The summed E-state index contributed by atoms with van der Waals surface area (Å²) in [6.07, 6.45) is -3.23. The summed E-state index contributed by atoms with van der Waals surface area (Å²) < 4.78 is 36.9. The van der Waals surface area contributed by atoms with E-state index in [0.29, 0.717) is 24.2 Å². The van der Waals surface area contributed by atoms with E-state index in [2.05, 4.69) is 17.4 Å². The fraction of sp³-hybridized carbons (Fsp3) is 0.556. The summed E-state index contributed by atoms with van der Waals surface area (Å²) in [5.74, 6) is -0.514. The second-order valence-electron chi connectivity index (χ2n) is 6.63. The lowest BCUT2D eigenvalue weighted by Crippen LogP contribution is -2.48. The van der Waals surface area contributed by atoms with Crippen molar-refractivity contribution in [2.24, 2.45) is 5.92 Å². The molecule has 1 aromatic rings. The fourth-order valence-electron chi connectivity index (χ4n) is 3.03. The first-order valence-electron chi connectivity index (χ1n) is 8.63. The second-order valence-corrected chi connectivity index (χ2v) is 6.63. The second kappa shape index (κ2) is 9.07. The molecule has 0 radical (unpaired) electrons. The number of carboxylic acid groups (broad SMARTS) is 1. The molecule has 0 spiro atoms. The lowest BCUT2D eigenvalue weighted by molar-refractivity contribution is -0.192. The van der Waals surface area contributed by atoms with Gasteiger partial charge < -0.3 is 20.1 Å². The molecule has 2 aliphatic heterocycles. The lowest BCUT2D eigenvalue weighted by atomic mass is 9.90. The Morgan fingerprint density at radius 3 is 2.30 bits per heavy atom. The molecule has 2 N–H and O–H groups in total. The highest BCUT2D eigenvalue weighted by Crippen LogP contribution is 2.29. The molecule has 1 unspecified atom stereocenters. The summed E-state index contributed by atoms with van der Waals surface area (Å²) in [7, 11) is 1.68. The number of hydrogen-bond donors (Lipinski definition) is 2. The number of rotatable bonds is 4. The van der Waals surface area contributed by atoms with E-state index in [1.165, 1.54) is 5.56 Å². The number of amides is 1. The summed E-state index contributed by atoms with van der Waals surface area (Å²) >= 11 is 0. The summed E-state index contributed by atoms with van der Waals surface area (Å²) in [4.78, 5) is 23.0. The van der Waals surface area contributed by atoms with Crippen molar-refractivity contribution in [2.45, 2.75) is 24.9 Å². The van der Waals surface area contributed by atoms with Crippen LogP contribution in [0.5, 0.6) is 5.75 Å². The highest BCUT2D eigenvalue weighted by molar-refractivity contribution is 5.77. The van der Waals surface area contributed by atoms with Gasteiger partial charge in [-0.1, -0.05) is 12.1 Å². The molecule has 2 fully saturated rings. The Kier molecular flexibility index (Phi) is 7.06. The van der Waals surface area contributed by atoms with Crippen LogP contribution >= 0.6 is 0 Å². The van der Waals surface area contributed by atoms with E-state index >= 15 is 0 Å². The molecule has 1 aromatic carbocycles. The van der Waals surface area contributed by atoms with Gasteiger partial charge in [-0.2, -0.15) is 13.2 Å². The van der Waals surface area contributed by atoms with E-state index in [-0.39, 0.29) is 0 Å². The average molecular weight is 388 g/mol. The standard InChI is InChI=1S/C16H22N2O2.C2HF3O2/c1-20-15-4-2-13(3-5-15)14-10-18(11-14)16(19)8-12-6-7-17-9-12;3-2(4,5)1(6)7/h2-5,12,14,17H,6-11H2,1H3;(H,6,7). The molecule has 150 valence electrons. The van der Waals surface area contributed by atoms with Gasteiger partial charge in [-0.25, -0.2) is 4.79 Å². The lowest BCUT2D eigenvalue weighted by Gasteiger charge is -2.40. The van der Waals surface area contributed by atoms with Crippen molar-refractivity contribution in [1.29, 1.82) is 0 Å². The van der Waals surface area contributed by atoms with Crippen LogP contribution in [-0.4, -0.2) is 61.3 Å². The molecule has 9 heteroatoms. The van der Waals surface area contributed by atoms with Crippen LogP contribution in [0.25, 0.3) is 0 Å². The number of carbonyl (C=O) groups excluding carboxylic acids is 1. The molecule has 0 aliphatic carbocycles. The normalized spacial score (nSPS) is 19.7. The van der Waals surface area contributed by atoms with Crippen LogP contribution in [0.1, 0.15) is 24.3 Å². The van der Waals surface area contributed by atoms with E-state index in [0.717, 1.165) is 38.3 Å². The van der Waals surface area contributed by atoms with Crippen molar-refractivity contribution < 1.29 is 32.6 Å². The minimum atomic E-state index is -5.08. The van der Waals surface area contributed by atoms with E-state index in [9.17, 15) is 18.0 Å². The maximum Gasteiger partial charge on any atom is 0.490 e. The quantitative estimate of drug-likeness (QED) is 0.827. The van der Waals surface area contributed by atoms with Gasteiger partial charge in [0.25, 0.3) is 0 Å². The molecule has 0 saturated carbocycles. The molecule has 27 heavy (non-hydrogen) atoms. The van der Waals surface area contributed by atoms with E-state index in [1.54, 1.807) is 7.11 Å². The van der Waals surface area contributed by atoms with Crippen molar-refractivity contribution in [1.82, 2.24) is 10.2 Å². The Hall–Kier alpha value is -2.29. The smallest absolute Gasteiger partial charge is 0.490 e. The topological polar surface area (TPSA) is 78.9 Å². The van der Waals surface area contributed by atoms with E-state index < -0.39 is 12.1 Å². The maximum absolute atomic E-state index is 12.1. The Balaban J connectivity index is 0.000000321. The number of hydrogen-bond acceptors (Lipinski definition) is 4. The molecule has 3 rings (SSSR count). The van der Waals surface area contributed by atoms with Crippen molar-refractivity contribution in [3.8, 4) is 5.75 Å². The van der Waals surface area contributed by atoms with Gasteiger partial charge in [-0.3, -0.25) is 4.79 Å². The molecule has 2 heterocycles. The van der Waals surface area contributed by atoms with Crippen molar-refractivity contribution in [2.75, 3.05) is 33.3 Å². The van der Waals surface area contributed by atoms with Crippen LogP contribution in [-0.2, 0) is 9.59 Å². The zero-order valence-corrected chi connectivity index (χ0v) is 15.0. The van der Waals surface area contributed by atoms with Crippen LogP contribution in [0.15, 0.2) is 24.3 Å². The summed E-state index contributed by atoms with van der Waals surface area (Å²) in [6.45, 7) is 3.80. The van der Waals surface area contributed by atoms with Gasteiger partial charge >= 0.3 is 12.1 Å². The average Bonchev–Trinajstić information content (AvgIpc) is 3.06. The van der Waals surface area contributed by atoms with Crippen molar-refractivity contribution in [3.63, 3.8) is 0 Å². The zero-order chi connectivity index (χ0) is 20.0. The highest BCUT2D eigenvalue weighted by atomic mass is 19.4. The number of nitrogens with one attached hydrogen (secondary N) is 1. The molecule has 0 aromatic heterocycles. The predicted octanol–water partition coefficient (Wildman–Crippen LogP) is 2.25. The third-order valence-electron chi connectivity index (χ3n) is 4.69. The number of benzene rings is 1. The molecule has 0 bridgehead atoms. The Labute approximate surface area is 155 Å². The third-order valence-corrected chi connectivity index (χ3v) is 4.69. The Morgan fingerprint density at radius 1 is 1.26 bits per heavy atom. The molecule has 1 atom stereocenters. The number of ether oxygens (including phenoxy) is 1. The number of alkyl halides is 3. The van der Waals surface area contributed by atoms with Gasteiger partial charge in [0, 0.05) is 25.4 Å². The SMILES string of the molecule is COc1ccc(C2CN(C(=O)CC3CCNC3)C2)cc1.O=C(O)C(F)(F)F. The number of methoxy groups -OCH3 is 1. The van der Waals surface area contributed by atoms with Crippen LogP contribution < -0.4 is 10.1 Å². The molecule has 1 amide bonds. The van der Waals surface area contributed by atoms with Gasteiger partial charge in [0.05, 0.1) is 7.11 Å². The van der Waals surface area contributed by atoms with Crippen LogP contribution in [0, 0.1) is 5.92 Å². The summed E-state index contributed by atoms with van der Waals surface area (Å²) in [5, 5.41) is 10.4. The molecule has 2 saturated heterocycles. The first kappa shape index (κ1) is 21.0. The van der Waals surface area contributed by atoms with Crippen LogP contribution in [0.4, 0.5) is 13.2 Å². The van der Waals surface area contributed by atoms with Crippen LogP contribution in [0.3, 0.4) is 0 Å². The van der Waals surface area contributed by atoms with E-state index in [1.807, 2.05) is 17.0 Å². The predicted molar refractivity (Wildman–Crippen MR) is 91.6 cm³/mol. The summed E-state index contributed by atoms with van der Waals surface area (Å²) in [5.41, 5.74) is 1.30. The van der Waals surface area contributed by atoms with E-state index in [4.69, 9.17) is 14.6 Å². The monoisotopic (exact) mass is 388 g/mol. The largest absolute Gasteiger partial charge is 0.497 e. The molecule has 6 nitrogen and oxygen atoms in total. The van der Waals surface area contributed by atoms with Gasteiger partial charge in [0.1, 0.15) is 5.75 Å². The van der Waals surface area contributed by atoms with Crippen LogP contribution in [0.2, 0.25) is 0 Å². The van der Waals surface area contributed by atoms with Gasteiger partial charge in [-0.05, 0) is 43.1 Å². The highest BCUT2D eigenvalue weighted by Gasteiger charge is 2.38. The molecular weight excluding hydrogens is 365 g/mol. The number of carbonyl (C=O) groups is 2. The number of halogens is 3. The number of nitrogens with zero attached hydrogens (tertiary/aromatic N) is 1. The minimum absolute atomic E-state index is 0.323. The summed E-state index contributed by atoms with van der Waals surface area (Å²) in [6, 6.07) is 8.19. The third kappa shape index (κ3) is 6.13. The number of carboxylic acids is 1. The first-order valence-corrected chi connectivity index (χ1v) is 8.63. The number of aliphatic carboxylic acids is 1. The number of likely N-dealkylation sites (tertiary alicyclic amines) is 1.